The number of allylic oxidation sites excluding steroid dienone is 5. The maximum absolute atomic E-state index is 4.86. The molecule has 0 N–H and O–H groups in total. The van der Waals surface area contributed by atoms with E-state index in [1.165, 1.54) is 5.56 Å². The molecule has 0 aliphatic rings. The second-order valence-electron chi connectivity index (χ2n) is 16.8. The highest BCUT2D eigenvalue weighted by molar-refractivity contribution is 5.93. The summed E-state index contributed by atoms with van der Waals surface area (Å²) < 4.78 is 0. The van der Waals surface area contributed by atoms with Gasteiger partial charge in [0, 0.05) is 39.2 Å². The lowest BCUT2D eigenvalue weighted by atomic mass is 9.99. The number of benzene rings is 8. The highest BCUT2D eigenvalue weighted by Crippen LogP contribution is 2.39. The summed E-state index contributed by atoms with van der Waals surface area (Å²) in [6.45, 7) is 20.6. The van der Waals surface area contributed by atoms with E-state index in [4.69, 9.17) is 20.4 Å². The number of hydrogen-bond acceptors (Lipinski definition) is 6. The molecular formula is C62H50N8. The predicted molar refractivity (Wildman–Crippen MR) is 292 cm³/mol. The van der Waals surface area contributed by atoms with Gasteiger partial charge in [0.1, 0.15) is 22.1 Å². The molecule has 70 heavy (non-hydrogen) atoms. The van der Waals surface area contributed by atoms with Gasteiger partial charge in [-0.25, -0.2) is 0 Å². The van der Waals surface area contributed by atoms with Crippen LogP contribution in [0, 0.1) is 6.92 Å². The molecule has 0 amide bonds. The lowest BCUT2D eigenvalue weighted by Gasteiger charge is -2.29. The number of nitrogens with zero attached hydrogens (tertiary/aromatic N) is 8. The Balaban J connectivity index is 0.955. The van der Waals surface area contributed by atoms with Gasteiger partial charge in [-0.3, -0.25) is 0 Å². The Hall–Kier alpha value is -9.40. The monoisotopic (exact) mass is 906 g/mol. The largest absolute Gasteiger partial charge is 0.310 e. The van der Waals surface area contributed by atoms with Crippen molar-refractivity contribution in [3.63, 3.8) is 0 Å². The molecular weight excluding hydrogens is 857 g/mol. The molecule has 8 aromatic carbocycles. The first kappa shape index (κ1) is 44.4. The fourth-order valence-corrected chi connectivity index (χ4v) is 8.89. The third kappa shape index (κ3) is 8.69. The summed E-state index contributed by atoms with van der Waals surface area (Å²) in [6.07, 6.45) is 9.33. The van der Waals surface area contributed by atoms with Crippen molar-refractivity contribution >= 4 is 68.5 Å². The van der Waals surface area contributed by atoms with Crippen molar-refractivity contribution in [2.45, 2.75) is 13.8 Å². The van der Waals surface area contributed by atoms with Gasteiger partial charge in [0.2, 0.25) is 0 Å². The average molecular weight is 907 g/mol. The van der Waals surface area contributed by atoms with Crippen molar-refractivity contribution < 1.29 is 0 Å². The van der Waals surface area contributed by atoms with Crippen LogP contribution in [0.2, 0.25) is 0 Å². The average Bonchev–Trinajstić information content (AvgIpc) is 4.04. The van der Waals surface area contributed by atoms with E-state index in [0.29, 0.717) is 0 Å². The number of aryl methyl sites for hydroxylation is 1. The van der Waals surface area contributed by atoms with Crippen LogP contribution in [0.25, 0.3) is 73.7 Å². The van der Waals surface area contributed by atoms with E-state index in [1.54, 1.807) is 21.7 Å². The van der Waals surface area contributed by atoms with E-state index < -0.39 is 0 Å². The van der Waals surface area contributed by atoms with Gasteiger partial charge in [0.25, 0.3) is 0 Å². The second kappa shape index (κ2) is 19.4. The van der Waals surface area contributed by atoms with Gasteiger partial charge in [0.05, 0.1) is 17.1 Å². The molecule has 0 unspecified atom stereocenters. The number of rotatable bonds is 14. The second-order valence-corrected chi connectivity index (χ2v) is 16.8. The minimum absolute atomic E-state index is 0.743. The Morgan fingerprint density at radius 2 is 1.00 bits per heavy atom. The number of anilines is 4. The van der Waals surface area contributed by atoms with E-state index in [0.717, 1.165) is 106 Å². The molecule has 0 spiro atoms. The topological polar surface area (TPSA) is 67.9 Å². The highest BCUT2D eigenvalue weighted by atomic mass is 15.5. The van der Waals surface area contributed by atoms with Crippen LogP contribution in [0.3, 0.4) is 0 Å². The third-order valence-corrected chi connectivity index (χ3v) is 12.4. The van der Waals surface area contributed by atoms with Crippen molar-refractivity contribution in [3.05, 3.63) is 260 Å². The van der Waals surface area contributed by atoms with E-state index in [9.17, 15) is 0 Å². The van der Waals surface area contributed by atoms with Crippen molar-refractivity contribution in [1.82, 2.24) is 30.0 Å². The maximum Gasteiger partial charge on any atom is 0.115 e. The van der Waals surface area contributed by atoms with E-state index in [-0.39, 0.29) is 0 Å². The number of fused-ring (bicyclic) bond motifs is 2. The molecule has 10 rings (SSSR count). The molecule has 0 atom stereocenters. The fraction of sp³-hybridized carbons (Fsp3) is 0.0323. The lowest BCUT2D eigenvalue weighted by molar-refractivity contribution is 0.766. The van der Waals surface area contributed by atoms with Crippen LogP contribution in [-0.4, -0.2) is 30.0 Å². The van der Waals surface area contributed by atoms with Crippen molar-refractivity contribution in [3.8, 4) is 27.9 Å². The van der Waals surface area contributed by atoms with Crippen molar-refractivity contribution in [2.24, 2.45) is 0 Å². The molecule has 2 aromatic heterocycles. The van der Waals surface area contributed by atoms with E-state index in [2.05, 4.69) is 183 Å². The van der Waals surface area contributed by atoms with Crippen LogP contribution in [0.5, 0.6) is 0 Å². The smallest absolute Gasteiger partial charge is 0.115 e. The minimum Gasteiger partial charge on any atom is -0.310 e. The molecule has 0 saturated heterocycles. The molecule has 10 aromatic rings. The molecule has 8 heteroatoms. The third-order valence-electron chi connectivity index (χ3n) is 12.4. The Kier molecular flexibility index (Phi) is 12.3. The first-order valence-electron chi connectivity index (χ1n) is 23.1. The molecule has 338 valence electrons. The van der Waals surface area contributed by atoms with Crippen molar-refractivity contribution in [1.29, 1.82) is 0 Å². The zero-order valence-electron chi connectivity index (χ0n) is 39.2. The van der Waals surface area contributed by atoms with Gasteiger partial charge in [-0.15, -0.1) is 20.4 Å². The van der Waals surface area contributed by atoms with Gasteiger partial charge in [-0.1, -0.05) is 154 Å². The zero-order chi connectivity index (χ0) is 48.1. The summed E-state index contributed by atoms with van der Waals surface area (Å²) in [5.41, 5.74) is 17.4. The number of hydrogen-bond donors (Lipinski definition) is 0. The molecule has 0 aliphatic heterocycles. The summed E-state index contributed by atoms with van der Waals surface area (Å²) in [4.78, 5) is 7.78. The molecule has 0 bridgehead atoms. The number of para-hydroxylation sites is 1. The Labute approximate surface area is 408 Å². The molecule has 0 saturated carbocycles. The summed E-state index contributed by atoms with van der Waals surface area (Å²) >= 11 is 0. The maximum atomic E-state index is 4.86. The predicted octanol–water partition coefficient (Wildman–Crippen LogP) is 13.8. The van der Waals surface area contributed by atoms with Gasteiger partial charge in [-0.05, 0) is 138 Å². The van der Waals surface area contributed by atoms with E-state index >= 15 is 0 Å². The minimum atomic E-state index is 0.743. The van der Waals surface area contributed by atoms with Crippen LogP contribution in [0.1, 0.15) is 18.1 Å². The standard InChI is InChI=1S/C62H50N8/c1-7-18-49(8-2)69-63-57-39-37-53(41-59(57)65-69)67(61(9-3)55-23-16-14-19-43(55)5)50-33-29-47(30-34-50)45-25-27-46(28-26-45)48-31-35-51(36-32-48)68(62(10-4)56-24-17-15-20-44(56)6)54-38-40-58-60(42-54)66-70(64-58)52-21-12-11-13-22-52/h7-42H,1-2,4,6H2,3,5H3/b49-18+,61-9+,62-56+. The Morgan fingerprint density at radius 3 is 1.59 bits per heavy atom. The van der Waals surface area contributed by atoms with E-state index in [1.807, 2.05) is 72.8 Å². The SMILES string of the molecule is C=C/C=C(\C=C)n1nc2ccc(N(/C(=C/C)c3ccccc3C)c3ccc(-c4ccc(-c5ccc(N(/C(C=C)=c6\ccccc6=C)c6ccc7nn(-c8ccccc8)nc7c6)cc5)cc4)cc3)cc2n1. The van der Waals surface area contributed by atoms with Crippen molar-refractivity contribution in [2.75, 3.05) is 9.80 Å². The zero-order valence-corrected chi connectivity index (χ0v) is 39.2. The van der Waals surface area contributed by atoms with Crippen LogP contribution < -0.4 is 20.2 Å². The molecule has 0 radical (unpaired) electrons. The molecule has 0 aliphatic carbocycles. The number of aromatic nitrogens is 6. The first-order valence-corrected chi connectivity index (χ1v) is 23.1. The van der Waals surface area contributed by atoms with Gasteiger partial charge in [-0.2, -0.15) is 9.59 Å². The summed E-state index contributed by atoms with van der Waals surface area (Å²) in [5.74, 6) is 0. The van der Waals surface area contributed by atoms with Crippen LogP contribution in [0.15, 0.2) is 238 Å². The summed E-state index contributed by atoms with van der Waals surface area (Å²) in [6, 6.07) is 65.1. The molecule has 0 fully saturated rings. The summed E-state index contributed by atoms with van der Waals surface area (Å²) in [5, 5.41) is 21.1. The van der Waals surface area contributed by atoms with Crippen LogP contribution in [0.4, 0.5) is 22.7 Å². The molecule has 2 heterocycles. The van der Waals surface area contributed by atoms with Crippen LogP contribution >= 0.6 is 0 Å². The van der Waals surface area contributed by atoms with Crippen LogP contribution in [-0.2, 0) is 0 Å². The summed E-state index contributed by atoms with van der Waals surface area (Å²) in [7, 11) is 0. The van der Waals surface area contributed by atoms with Gasteiger partial charge in [0.15, 0.2) is 0 Å². The quantitative estimate of drug-likeness (QED) is 0.101. The Morgan fingerprint density at radius 1 is 0.500 bits per heavy atom. The van der Waals surface area contributed by atoms with Gasteiger partial charge < -0.3 is 9.80 Å². The first-order chi connectivity index (χ1) is 34.3. The van der Waals surface area contributed by atoms with Gasteiger partial charge >= 0.3 is 0 Å². The normalized spacial score (nSPS) is 12.2. The Bertz CT molecular complexity index is 3750. The lowest BCUT2D eigenvalue weighted by Crippen LogP contribution is -2.31. The fourth-order valence-electron chi connectivity index (χ4n) is 8.89. The highest BCUT2D eigenvalue weighted by Gasteiger charge is 2.20. The molecule has 8 nitrogen and oxygen atoms in total.